The van der Waals surface area contributed by atoms with Crippen LogP contribution >= 0.6 is 27.3 Å². The molecule has 6 nitrogen and oxygen atoms in total. The predicted molar refractivity (Wildman–Crippen MR) is 111 cm³/mol. The minimum atomic E-state index is 0.221. The fourth-order valence-electron chi connectivity index (χ4n) is 2.64. The summed E-state index contributed by atoms with van der Waals surface area (Å²) in [6.07, 6.45) is 0.926. The monoisotopic (exact) mass is 432 g/mol. The van der Waals surface area contributed by atoms with Crippen LogP contribution in [0.3, 0.4) is 0 Å². The van der Waals surface area contributed by atoms with Crippen molar-refractivity contribution in [2.45, 2.75) is 26.4 Å². The molecule has 0 unspecified atom stereocenters. The lowest BCUT2D eigenvalue weighted by Crippen LogP contribution is -2.19. The molecule has 0 aliphatic rings. The zero-order valence-electron chi connectivity index (χ0n) is 14.7. The van der Waals surface area contributed by atoms with Crippen LogP contribution in [0, 0.1) is 0 Å². The van der Waals surface area contributed by atoms with Crippen LogP contribution in [0.2, 0.25) is 0 Å². The fourth-order valence-corrected chi connectivity index (χ4v) is 4.17. The molecular formula is C18H21BrN6S. The van der Waals surface area contributed by atoms with Gasteiger partial charge < -0.3 is 11.1 Å². The average molecular weight is 433 g/mol. The molecule has 2 heterocycles. The summed E-state index contributed by atoms with van der Waals surface area (Å²) >= 11 is 5.21. The highest BCUT2D eigenvalue weighted by Crippen LogP contribution is 2.22. The summed E-state index contributed by atoms with van der Waals surface area (Å²) in [6.45, 7) is 3.53. The van der Waals surface area contributed by atoms with Crippen molar-refractivity contribution in [1.29, 1.82) is 0 Å². The number of nitrogen functional groups attached to an aromatic ring is 1. The van der Waals surface area contributed by atoms with Gasteiger partial charge in [0.15, 0.2) is 0 Å². The molecule has 0 fully saturated rings. The van der Waals surface area contributed by atoms with Crippen LogP contribution in [0.25, 0.3) is 0 Å². The third-order valence-corrected chi connectivity index (χ3v) is 5.48. The summed E-state index contributed by atoms with van der Waals surface area (Å²) in [7, 11) is 2.03. The summed E-state index contributed by atoms with van der Waals surface area (Å²) in [5, 5.41) is 5.35. The Morgan fingerprint density at radius 1 is 1.19 bits per heavy atom. The minimum absolute atomic E-state index is 0.221. The zero-order chi connectivity index (χ0) is 18.5. The number of anilines is 3. The van der Waals surface area contributed by atoms with Crippen molar-refractivity contribution in [2.75, 3.05) is 18.1 Å². The lowest BCUT2D eigenvalue weighted by atomic mass is 10.1. The van der Waals surface area contributed by atoms with Gasteiger partial charge in [-0.1, -0.05) is 25.1 Å². The Morgan fingerprint density at radius 2 is 2.00 bits per heavy atom. The number of hydrogen-bond donors (Lipinski definition) is 2. The van der Waals surface area contributed by atoms with Gasteiger partial charge in [-0.05, 0) is 47.1 Å². The fraction of sp³-hybridized carbons (Fsp3) is 0.278. The van der Waals surface area contributed by atoms with Crippen LogP contribution in [-0.2, 0) is 19.5 Å². The van der Waals surface area contributed by atoms with Crippen LogP contribution < -0.4 is 11.1 Å². The van der Waals surface area contributed by atoms with Gasteiger partial charge in [0.2, 0.25) is 11.9 Å². The molecule has 2 aromatic heterocycles. The summed E-state index contributed by atoms with van der Waals surface area (Å²) in [5.74, 6) is 1.34. The molecule has 0 spiro atoms. The highest BCUT2D eigenvalue weighted by Gasteiger charge is 2.10. The number of benzene rings is 1. The van der Waals surface area contributed by atoms with Crippen molar-refractivity contribution >= 4 is 44.9 Å². The molecule has 3 N–H and O–H groups in total. The van der Waals surface area contributed by atoms with Crippen LogP contribution in [-0.4, -0.2) is 26.9 Å². The molecule has 0 bridgehead atoms. The minimum Gasteiger partial charge on any atom is -0.368 e. The number of nitrogens with two attached hydrogens (primary N) is 1. The second-order valence-corrected chi connectivity index (χ2v) is 7.88. The number of rotatable bonds is 7. The second kappa shape index (κ2) is 8.57. The maximum Gasteiger partial charge on any atom is 0.232 e. The number of hydrogen-bond acceptors (Lipinski definition) is 7. The molecule has 8 heteroatoms. The van der Waals surface area contributed by atoms with Gasteiger partial charge in [0.05, 0.1) is 6.54 Å². The topological polar surface area (TPSA) is 80.0 Å². The lowest BCUT2D eigenvalue weighted by molar-refractivity contribution is 0.313. The largest absolute Gasteiger partial charge is 0.368 e. The van der Waals surface area contributed by atoms with E-state index in [0.717, 1.165) is 23.1 Å². The van der Waals surface area contributed by atoms with Gasteiger partial charge in [-0.25, -0.2) is 0 Å². The number of thiophene rings is 1. The summed E-state index contributed by atoms with van der Waals surface area (Å²) in [5.41, 5.74) is 8.08. The zero-order valence-corrected chi connectivity index (χ0v) is 17.1. The SMILES string of the molecule is CCc1ccccc1Nc1nc(N)nc(CN(C)Cc2cc(Br)cs2)n1. The number of aromatic nitrogens is 3. The molecule has 3 aromatic rings. The first-order valence-electron chi connectivity index (χ1n) is 8.30. The molecular weight excluding hydrogens is 412 g/mol. The number of aryl methyl sites for hydroxylation is 1. The summed E-state index contributed by atoms with van der Waals surface area (Å²) in [6, 6.07) is 10.2. The van der Waals surface area contributed by atoms with E-state index in [1.54, 1.807) is 11.3 Å². The van der Waals surface area contributed by atoms with E-state index in [1.165, 1.54) is 10.4 Å². The van der Waals surface area contributed by atoms with E-state index in [9.17, 15) is 0 Å². The Kier molecular flexibility index (Phi) is 6.18. The Hall–Kier alpha value is -2.03. The first kappa shape index (κ1) is 18.8. The third-order valence-electron chi connectivity index (χ3n) is 3.80. The summed E-state index contributed by atoms with van der Waals surface area (Å²) in [4.78, 5) is 16.4. The smallest absolute Gasteiger partial charge is 0.232 e. The third kappa shape index (κ3) is 5.00. The van der Waals surface area contributed by atoms with Gasteiger partial charge >= 0.3 is 0 Å². The molecule has 0 aliphatic carbocycles. The van der Waals surface area contributed by atoms with E-state index in [0.29, 0.717) is 18.3 Å². The number of para-hydroxylation sites is 1. The van der Waals surface area contributed by atoms with E-state index in [4.69, 9.17) is 5.73 Å². The van der Waals surface area contributed by atoms with Crippen LogP contribution in [0.15, 0.2) is 40.2 Å². The standard InChI is InChI=1S/C18H21BrN6S/c1-3-12-6-4-5-7-15(12)21-18-23-16(22-17(20)24-18)10-25(2)9-14-8-13(19)11-26-14/h4-8,11H,3,9-10H2,1-2H3,(H3,20,21,22,23,24). The molecule has 0 atom stereocenters. The van der Waals surface area contributed by atoms with Gasteiger partial charge in [0, 0.05) is 27.0 Å². The Bertz CT molecular complexity index is 882. The van der Waals surface area contributed by atoms with Gasteiger partial charge in [-0.3, -0.25) is 4.90 Å². The molecule has 26 heavy (non-hydrogen) atoms. The van der Waals surface area contributed by atoms with Crippen molar-refractivity contribution in [2.24, 2.45) is 0 Å². The molecule has 0 radical (unpaired) electrons. The van der Waals surface area contributed by atoms with Crippen LogP contribution in [0.5, 0.6) is 0 Å². The van der Waals surface area contributed by atoms with Crippen molar-refractivity contribution in [3.8, 4) is 0 Å². The van der Waals surface area contributed by atoms with E-state index in [1.807, 2.05) is 25.2 Å². The van der Waals surface area contributed by atoms with Crippen molar-refractivity contribution in [3.05, 3.63) is 56.4 Å². The molecule has 3 rings (SSSR count). The van der Waals surface area contributed by atoms with E-state index < -0.39 is 0 Å². The predicted octanol–water partition coefficient (Wildman–Crippen LogP) is 4.22. The first-order chi connectivity index (χ1) is 12.5. The van der Waals surface area contributed by atoms with Gasteiger partial charge in [-0.2, -0.15) is 15.0 Å². The van der Waals surface area contributed by atoms with Crippen molar-refractivity contribution in [3.63, 3.8) is 0 Å². The maximum absolute atomic E-state index is 5.89. The first-order valence-corrected chi connectivity index (χ1v) is 9.97. The molecule has 0 aliphatic heterocycles. The molecule has 1 aromatic carbocycles. The number of halogens is 1. The highest BCUT2D eigenvalue weighted by molar-refractivity contribution is 9.10. The lowest BCUT2D eigenvalue weighted by Gasteiger charge is -2.15. The van der Waals surface area contributed by atoms with Crippen molar-refractivity contribution in [1.82, 2.24) is 19.9 Å². The highest BCUT2D eigenvalue weighted by atomic mass is 79.9. The molecule has 136 valence electrons. The second-order valence-electron chi connectivity index (χ2n) is 5.97. The molecule has 0 saturated heterocycles. The average Bonchev–Trinajstić information content (AvgIpc) is 2.99. The Balaban J connectivity index is 1.72. The summed E-state index contributed by atoms with van der Waals surface area (Å²) < 4.78 is 1.11. The number of nitrogens with zero attached hydrogens (tertiary/aromatic N) is 4. The Morgan fingerprint density at radius 3 is 2.73 bits per heavy atom. The van der Waals surface area contributed by atoms with Gasteiger partial charge in [0.25, 0.3) is 0 Å². The maximum atomic E-state index is 5.89. The van der Waals surface area contributed by atoms with E-state index in [2.05, 4.69) is 65.5 Å². The molecule has 0 amide bonds. The van der Waals surface area contributed by atoms with E-state index in [-0.39, 0.29) is 5.95 Å². The normalized spacial score (nSPS) is 11.1. The van der Waals surface area contributed by atoms with Crippen LogP contribution in [0.4, 0.5) is 17.6 Å². The number of nitrogens with one attached hydrogen (secondary N) is 1. The van der Waals surface area contributed by atoms with Crippen molar-refractivity contribution < 1.29 is 0 Å². The molecule has 0 saturated carbocycles. The van der Waals surface area contributed by atoms with Crippen LogP contribution in [0.1, 0.15) is 23.2 Å². The van der Waals surface area contributed by atoms with Gasteiger partial charge in [-0.15, -0.1) is 11.3 Å². The van der Waals surface area contributed by atoms with E-state index >= 15 is 0 Å². The Labute approximate surface area is 165 Å². The van der Waals surface area contributed by atoms with Gasteiger partial charge in [0.1, 0.15) is 5.82 Å². The quantitative estimate of drug-likeness (QED) is 0.581.